The van der Waals surface area contributed by atoms with Gasteiger partial charge in [-0.05, 0) is 90.8 Å². The van der Waals surface area contributed by atoms with E-state index in [0.29, 0.717) is 38.9 Å². The van der Waals surface area contributed by atoms with Gasteiger partial charge in [-0.1, -0.05) is 47.5 Å². The Balaban J connectivity index is 1.78. The summed E-state index contributed by atoms with van der Waals surface area (Å²) in [5.74, 6) is -0.444. The summed E-state index contributed by atoms with van der Waals surface area (Å²) in [5, 5.41) is 23.6. The highest BCUT2D eigenvalue weighted by molar-refractivity contribution is 6.30. The minimum absolute atomic E-state index is 0.205. The summed E-state index contributed by atoms with van der Waals surface area (Å²) in [6.45, 7) is 1.98. The third kappa shape index (κ3) is 6.11. The first-order valence-corrected chi connectivity index (χ1v) is 14.1. The van der Waals surface area contributed by atoms with Crippen molar-refractivity contribution in [3.63, 3.8) is 0 Å². The molecule has 0 fully saturated rings. The average molecular weight is 594 g/mol. The molecule has 4 aromatic rings. The lowest BCUT2D eigenvalue weighted by molar-refractivity contribution is -0.139. The molecule has 0 amide bonds. The van der Waals surface area contributed by atoms with Gasteiger partial charge < -0.3 is 15.0 Å². The standard InChI is InChI=1S/C34H26Cl2N4O2/c1-2-42-34(41)32-30(39-28-15-11-26(35)12-16-28)19-31(24-7-3-22(20-37)4-8-24)40(29-17-13-27(36)14-18-29)33(32)25-9-5-23(21-38)6-10-25/h3-18,31,33,39H,2,19H2,1H3. The van der Waals surface area contributed by atoms with Crippen molar-refractivity contribution < 1.29 is 9.53 Å². The van der Waals surface area contributed by atoms with Gasteiger partial charge in [-0.2, -0.15) is 10.5 Å². The molecule has 1 aliphatic heterocycles. The van der Waals surface area contributed by atoms with Crippen molar-refractivity contribution in [2.45, 2.75) is 25.4 Å². The van der Waals surface area contributed by atoms with E-state index in [1.807, 2.05) is 60.7 Å². The number of nitrogens with zero attached hydrogens (tertiary/aromatic N) is 3. The van der Waals surface area contributed by atoms with E-state index in [2.05, 4.69) is 22.4 Å². The summed E-state index contributed by atoms with van der Waals surface area (Å²) >= 11 is 12.4. The van der Waals surface area contributed by atoms with Crippen LogP contribution in [0.5, 0.6) is 0 Å². The summed E-state index contributed by atoms with van der Waals surface area (Å²) in [4.78, 5) is 16.0. The lowest BCUT2D eigenvalue weighted by Gasteiger charge is -2.46. The normalized spacial score (nSPS) is 16.4. The van der Waals surface area contributed by atoms with Crippen LogP contribution in [0.2, 0.25) is 10.0 Å². The Bertz CT molecular complexity index is 1690. The van der Waals surface area contributed by atoms with E-state index in [1.165, 1.54) is 0 Å². The minimum Gasteiger partial charge on any atom is -0.463 e. The van der Waals surface area contributed by atoms with Crippen molar-refractivity contribution in [1.29, 1.82) is 10.5 Å². The summed E-state index contributed by atoms with van der Waals surface area (Å²) in [6, 6.07) is 33.0. The van der Waals surface area contributed by atoms with E-state index in [0.717, 1.165) is 22.5 Å². The van der Waals surface area contributed by atoms with Gasteiger partial charge in [0.25, 0.3) is 0 Å². The fraction of sp³-hybridized carbons (Fsp3) is 0.147. The molecular weight excluding hydrogens is 567 g/mol. The van der Waals surface area contributed by atoms with Crippen LogP contribution in [0, 0.1) is 22.7 Å². The van der Waals surface area contributed by atoms with Crippen LogP contribution in [0.15, 0.2) is 108 Å². The fourth-order valence-corrected chi connectivity index (χ4v) is 5.47. The zero-order valence-electron chi connectivity index (χ0n) is 22.7. The Hall–Kier alpha value is -4.75. The maximum Gasteiger partial charge on any atom is 0.338 e. The van der Waals surface area contributed by atoms with Gasteiger partial charge in [-0.25, -0.2) is 4.79 Å². The number of hydrogen-bond donors (Lipinski definition) is 1. The molecule has 2 unspecified atom stereocenters. The molecule has 0 aliphatic carbocycles. The van der Waals surface area contributed by atoms with E-state index < -0.39 is 12.0 Å². The highest BCUT2D eigenvalue weighted by Gasteiger charge is 2.41. The highest BCUT2D eigenvalue weighted by Crippen LogP contribution is 2.48. The number of halogens is 2. The molecule has 2 atom stereocenters. The predicted octanol–water partition coefficient (Wildman–Crippen LogP) is 8.36. The molecule has 208 valence electrons. The summed E-state index contributed by atoms with van der Waals surface area (Å²) in [7, 11) is 0. The smallest absolute Gasteiger partial charge is 0.338 e. The van der Waals surface area contributed by atoms with E-state index in [-0.39, 0.29) is 12.6 Å². The van der Waals surface area contributed by atoms with Gasteiger partial charge in [0.15, 0.2) is 0 Å². The number of anilines is 2. The molecule has 0 saturated carbocycles. The number of nitrogens with one attached hydrogen (secondary N) is 1. The Morgan fingerprint density at radius 2 is 1.36 bits per heavy atom. The molecule has 6 nitrogen and oxygen atoms in total. The molecule has 0 spiro atoms. The first kappa shape index (κ1) is 28.8. The molecule has 0 aromatic heterocycles. The molecular formula is C34H26Cl2N4O2. The number of nitriles is 2. The minimum atomic E-state index is -0.595. The van der Waals surface area contributed by atoms with E-state index in [9.17, 15) is 15.3 Å². The second-order valence-corrected chi connectivity index (χ2v) is 10.6. The second-order valence-electron chi connectivity index (χ2n) is 9.72. The molecule has 0 radical (unpaired) electrons. The van der Waals surface area contributed by atoms with E-state index >= 15 is 0 Å². The Morgan fingerprint density at radius 1 is 0.833 bits per heavy atom. The third-order valence-corrected chi connectivity index (χ3v) is 7.65. The summed E-state index contributed by atoms with van der Waals surface area (Å²) in [5.41, 5.74) is 5.60. The molecule has 1 N–H and O–H groups in total. The van der Waals surface area contributed by atoms with Gasteiger partial charge in [-0.3, -0.25) is 0 Å². The Morgan fingerprint density at radius 3 is 1.88 bits per heavy atom. The average Bonchev–Trinajstić information content (AvgIpc) is 3.02. The van der Waals surface area contributed by atoms with Gasteiger partial charge in [0.1, 0.15) is 0 Å². The predicted molar refractivity (Wildman–Crippen MR) is 165 cm³/mol. The lowest BCUT2D eigenvalue weighted by Crippen LogP contribution is -2.41. The van der Waals surface area contributed by atoms with Gasteiger partial charge in [0, 0.05) is 33.5 Å². The number of benzene rings is 4. The SMILES string of the molecule is CCOC(=O)C1=C(Nc2ccc(Cl)cc2)CC(c2ccc(C#N)cc2)N(c2ccc(Cl)cc2)C1c1ccc(C#N)cc1. The van der Waals surface area contributed by atoms with Crippen LogP contribution in [0.1, 0.15) is 47.7 Å². The Kier molecular flexibility index (Phi) is 8.79. The van der Waals surface area contributed by atoms with Crippen LogP contribution in [0.3, 0.4) is 0 Å². The van der Waals surface area contributed by atoms with E-state index in [1.54, 1.807) is 43.3 Å². The van der Waals surface area contributed by atoms with Crippen molar-refractivity contribution >= 4 is 40.5 Å². The van der Waals surface area contributed by atoms with Crippen LogP contribution in [0.4, 0.5) is 11.4 Å². The maximum atomic E-state index is 13.8. The topological polar surface area (TPSA) is 89.2 Å². The number of hydrogen-bond acceptors (Lipinski definition) is 6. The summed E-state index contributed by atoms with van der Waals surface area (Å²) in [6.07, 6.45) is 0.429. The Labute approximate surface area is 255 Å². The highest BCUT2D eigenvalue weighted by atomic mass is 35.5. The molecule has 8 heteroatoms. The number of ether oxygens (including phenoxy) is 1. The quantitative estimate of drug-likeness (QED) is 0.217. The number of rotatable bonds is 7. The zero-order valence-corrected chi connectivity index (χ0v) is 24.2. The van der Waals surface area contributed by atoms with Gasteiger partial charge in [0.2, 0.25) is 0 Å². The van der Waals surface area contributed by atoms with Gasteiger partial charge in [-0.15, -0.1) is 0 Å². The van der Waals surface area contributed by atoms with Crippen molar-refractivity contribution in [2.24, 2.45) is 0 Å². The van der Waals surface area contributed by atoms with Crippen molar-refractivity contribution in [3.05, 3.63) is 141 Å². The molecule has 0 saturated heterocycles. The van der Waals surface area contributed by atoms with Crippen molar-refractivity contribution in [2.75, 3.05) is 16.8 Å². The largest absolute Gasteiger partial charge is 0.463 e. The molecule has 42 heavy (non-hydrogen) atoms. The third-order valence-electron chi connectivity index (χ3n) is 7.15. The second kappa shape index (κ2) is 12.8. The monoisotopic (exact) mass is 592 g/mol. The van der Waals surface area contributed by atoms with Crippen molar-refractivity contribution in [3.8, 4) is 12.1 Å². The molecule has 1 heterocycles. The van der Waals surface area contributed by atoms with Gasteiger partial charge >= 0.3 is 5.97 Å². The number of carbonyl (C=O) groups excluding carboxylic acids is 1. The first-order valence-electron chi connectivity index (χ1n) is 13.4. The van der Waals surface area contributed by atoms with Gasteiger partial charge in [0.05, 0.1) is 47.5 Å². The molecule has 5 rings (SSSR count). The zero-order chi connectivity index (χ0) is 29.6. The van der Waals surface area contributed by atoms with E-state index in [4.69, 9.17) is 27.9 Å². The van der Waals surface area contributed by atoms with Crippen LogP contribution in [0.25, 0.3) is 0 Å². The van der Waals surface area contributed by atoms with Crippen molar-refractivity contribution in [1.82, 2.24) is 0 Å². The first-order chi connectivity index (χ1) is 20.4. The van der Waals surface area contributed by atoms with Crippen LogP contribution in [-0.2, 0) is 9.53 Å². The molecule has 4 aromatic carbocycles. The van der Waals surface area contributed by atoms with Crippen LogP contribution < -0.4 is 10.2 Å². The lowest BCUT2D eigenvalue weighted by atomic mass is 9.83. The number of carbonyl (C=O) groups is 1. The van der Waals surface area contributed by atoms with Crippen LogP contribution in [-0.4, -0.2) is 12.6 Å². The molecule has 0 bridgehead atoms. The number of esters is 1. The van der Waals surface area contributed by atoms with Crippen LogP contribution >= 0.6 is 23.2 Å². The maximum absolute atomic E-state index is 13.8. The fourth-order valence-electron chi connectivity index (χ4n) is 5.22. The summed E-state index contributed by atoms with van der Waals surface area (Å²) < 4.78 is 5.65. The molecule has 1 aliphatic rings.